The number of nitrogens with one attached hydrogen (secondary N) is 1. The van der Waals surface area contributed by atoms with Crippen molar-refractivity contribution in [2.45, 2.75) is 76.9 Å². The second kappa shape index (κ2) is 7.51. The van der Waals surface area contributed by atoms with Gasteiger partial charge in [0.2, 0.25) is 0 Å². The van der Waals surface area contributed by atoms with Gasteiger partial charge < -0.3 is 5.32 Å². The zero-order chi connectivity index (χ0) is 15.4. The van der Waals surface area contributed by atoms with Crippen LogP contribution in [-0.2, 0) is 0 Å². The molecule has 1 saturated heterocycles. The molecule has 3 rings (SSSR count). The molecule has 2 atom stereocenters. The topological polar surface area (TPSA) is 41.1 Å². The Labute approximate surface area is 134 Å². The second-order valence-electron chi connectivity index (χ2n) is 7.04. The normalized spacial score (nSPS) is 26.0. The van der Waals surface area contributed by atoms with Gasteiger partial charge in [-0.1, -0.05) is 19.3 Å². The minimum absolute atomic E-state index is 0.282. The van der Waals surface area contributed by atoms with Crippen LogP contribution in [0.3, 0.4) is 0 Å². The fourth-order valence-electron chi connectivity index (χ4n) is 4.20. The summed E-state index contributed by atoms with van der Waals surface area (Å²) in [6.45, 7) is 6.77. The molecule has 22 heavy (non-hydrogen) atoms. The highest BCUT2D eigenvalue weighted by molar-refractivity contribution is 5.12. The Morgan fingerprint density at radius 2 is 1.86 bits per heavy atom. The smallest absolute Gasteiger partial charge is 0.0782 e. The van der Waals surface area contributed by atoms with Gasteiger partial charge >= 0.3 is 0 Å². The van der Waals surface area contributed by atoms with Gasteiger partial charge in [-0.15, -0.1) is 0 Å². The quantitative estimate of drug-likeness (QED) is 0.927. The number of hydrogen-bond acceptors (Lipinski definition) is 4. The predicted molar refractivity (Wildman–Crippen MR) is 89.8 cm³/mol. The molecule has 1 aromatic heterocycles. The van der Waals surface area contributed by atoms with Crippen LogP contribution >= 0.6 is 0 Å². The summed E-state index contributed by atoms with van der Waals surface area (Å²) in [6.07, 6.45) is 13.3. The summed E-state index contributed by atoms with van der Waals surface area (Å²) in [6, 6.07) is 1.71. The molecule has 2 unspecified atom stereocenters. The molecule has 2 aliphatic rings. The maximum Gasteiger partial charge on any atom is 0.0782 e. The van der Waals surface area contributed by atoms with Gasteiger partial charge in [-0.3, -0.25) is 14.9 Å². The molecule has 0 amide bonds. The Bertz CT molecular complexity index is 470. The molecule has 1 N–H and O–H groups in total. The van der Waals surface area contributed by atoms with E-state index in [-0.39, 0.29) is 6.04 Å². The Kier molecular flexibility index (Phi) is 5.42. The number of aromatic nitrogens is 2. The van der Waals surface area contributed by atoms with E-state index in [4.69, 9.17) is 0 Å². The molecular formula is C18H30N4. The molecule has 1 aromatic rings. The summed E-state index contributed by atoms with van der Waals surface area (Å²) in [5.74, 6) is 0. The van der Waals surface area contributed by atoms with E-state index < -0.39 is 0 Å². The van der Waals surface area contributed by atoms with Gasteiger partial charge in [-0.25, -0.2) is 0 Å². The number of likely N-dealkylation sites (tertiary alicyclic amines) is 1. The van der Waals surface area contributed by atoms with E-state index in [1.807, 2.05) is 0 Å². The molecule has 0 radical (unpaired) electrons. The van der Waals surface area contributed by atoms with Crippen molar-refractivity contribution >= 4 is 0 Å². The van der Waals surface area contributed by atoms with E-state index in [1.54, 1.807) is 12.4 Å². The van der Waals surface area contributed by atoms with Crippen LogP contribution < -0.4 is 5.32 Å². The number of piperidine rings is 1. The first kappa shape index (κ1) is 15.9. The first-order valence-corrected chi connectivity index (χ1v) is 9.01. The lowest BCUT2D eigenvalue weighted by molar-refractivity contribution is 0.107. The van der Waals surface area contributed by atoms with Crippen molar-refractivity contribution in [2.75, 3.05) is 13.1 Å². The zero-order valence-corrected chi connectivity index (χ0v) is 14.1. The van der Waals surface area contributed by atoms with E-state index in [9.17, 15) is 0 Å². The minimum atomic E-state index is 0.282. The van der Waals surface area contributed by atoms with Gasteiger partial charge in [0, 0.05) is 37.1 Å². The molecule has 4 nitrogen and oxygen atoms in total. The van der Waals surface area contributed by atoms with E-state index >= 15 is 0 Å². The van der Waals surface area contributed by atoms with E-state index in [1.165, 1.54) is 58.0 Å². The summed E-state index contributed by atoms with van der Waals surface area (Å²) in [7, 11) is 0. The molecule has 1 aliphatic carbocycles. The fraction of sp³-hybridized carbons (Fsp3) is 0.778. The van der Waals surface area contributed by atoms with Crippen LogP contribution in [0.1, 0.15) is 69.3 Å². The van der Waals surface area contributed by atoms with Crippen LogP contribution in [0.2, 0.25) is 0 Å². The monoisotopic (exact) mass is 302 g/mol. The summed E-state index contributed by atoms with van der Waals surface area (Å²) < 4.78 is 0. The van der Waals surface area contributed by atoms with Gasteiger partial charge in [0.15, 0.2) is 0 Å². The first-order chi connectivity index (χ1) is 10.7. The molecule has 2 heterocycles. The molecule has 2 fully saturated rings. The van der Waals surface area contributed by atoms with Crippen molar-refractivity contribution in [3.63, 3.8) is 0 Å². The Morgan fingerprint density at radius 3 is 2.64 bits per heavy atom. The molecule has 122 valence electrons. The second-order valence-corrected chi connectivity index (χ2v) is 7.04. The van der Waals surface area contributed by atoms with Gasteiger partial charge in [0.05, 0.1) is 11.4 Å². The van der Waals surface area contributed by atoms with Crippen LogP contribution in [-0.4, -0.2) is 40.0 Å². The molecule has 4 heteroatoms. The van der Waals surface area contributed by atoms with Crippen molar-refractivity contribution < 1.29 is 0 Å². The average molecular weight is 302 g/mol. The van der Waals surface area contributed by atoms with E-state index in [0.29, 0.717) is 6.04 Å². The van der Waals surface area contributed by atoms with Crippen LogP contribution in [0.25, 0.3) is 0 Å². The van der Waals surface area contributed by atoms with E-state index in [0.717, 1.165) is 17.4 Å². The largest absolute Gasteiger partial charge is 0.305 e. The van der Waals surface area contributed by atoms with Crippen molar-refractivity contribution in [3.05, 3.63) is 23.8 Å². The lowest BCUT2D eigenvalue weighted by atomic mass is 9.92. The summed E-state index contributed by atoms with van der Waals surface area (Å²) in [5.41, 5.74) is 2.14. The van der Waals surface area contributed by atoms with Gasteiger partial charge in [-0.05, 0) is 46.1 Å². The number of aryl methyl sites for hydroxylation is 1. The van der Waals surface area contributed by atoms with Crippen molar-refractivity contribution in [2.24, 2.45) is 0 Å². The Balaban J connectivity index is 1.57. The van der Waals surface area contributed by atoms with Crippen molar-refractivity contribution in [1.29, 1.82) is 0 Å². The van der Waals surface area contributed by atoms with Crippen molar-refractivity contribution in [1.82, 2.24) is 20.2 Å². The number of hydrogen-bond donors (Lipinski definition) is 1. The third-order valence-corrected chi connectivity index (χ3v) is 5.36. The highest BCUT2D eigenvalue weighted by Gasteiger charge is 2.27. The van der Waals surface area contributed by atoms with Gasteiger partial charge in [0.25, 0.3) is 0 Å². The molecular weight excluding hydrogens is 272 g/mol. The van der Waals surface area contributed by atoms with Crippen molar-refractivity contribution in [3.8, 4) is 0 Å². The predicted octanol–water partition coefficient (Wildman–Crippen LogP) is 3.23. The molecule has 0 spiro atoms. The molecule has 1 saturated carbocycles. The number of nitrogens with zero attached hydrogens (tertiary/aromatic N) is 3. The third-order valence-electron chi connectivity index (χ3n) is 5.36. The zero-order valence-electron chi connectivity index (χ0n) is 14.1. The minimum Gasteiger partial charge on any atom is -0.305 e. The summed E-state index contributed by atoms with van der Waals surface area (Å²) in [5, 5.41) is 3.80. The van der Waals surface area contributed by atoms with Crippen LogP contribution in [0, 0.1) is 6.92 Å². The maximum atomic E-state index is 4.51. The Morgan fingerprint density at radius 1 is 1.09 bits per heavy atom. The maximum absolute atomic E-state index is 4.51. The van der Waals surface area contributed by atoms with E-state index in [2.05, 4.69) is 34.0 Å². The lowest BCUT2D eigenvalue weighted by Crippen LogP contribution is -2.50. The fourth-order valence-corrected chi connectivity index (χ4v) is 4.20. The summed E-state index contributed by atoms with van der Waals surface area (Å²) in [4.78, 5) is 11.6. The molecule has 0 bridgehead atoms. The van der Waals surface area contributed by atoms with Crippen LogP contribution in [0.4, 0.5) is 0 Å². The highest BCUT2D eigenvalue weighted by Crippen LogP contribution is 2.26. The third kappa shape index (κ3) is 3.85. The van der Waals surface area contributed by atoms with Gasteiger partial charge in [-0.2, -0.15) is 0 Å². The Hall–Kier alpha value is -1.00. The van der Waals surface area contributed by atoms with Gasteiger partial charge in [0.1, 0.15) is 0 Å². The highest BCUT2D eigenvalue weighted by atomic mass is 15.2. The van der Waals surface area contributed by atoms with Crippen LogP contribution in [0.5, 0.6) is 0 Å². The standard InChI is InChI=1S/C18H30N4/c1-14-18(20-11-10-19-14)15(2)21-16-7-6-12-22(13-16)17-8-4-3-5-9-17/h10-11,15-17,21H,3-9,12-13H2,1-2H3. The lowest BCUT2D eigenvalue weighted by Gasteiger charge is -2.41. The molecule has 0 aromatic carbocycles. The summed E-state index contributed by atoms with van der Waals surface area (Å²) >= 11 is 0. The average Bonchev–Trinajstić information content (AvgIpc) is 2.56. The molecule has 1 aliphatic heterocycles. The SMILES string of the molecule is Cc1nccnc1C(C)NC1CCCN(C2CCCCC2)C1. The number of rotatable bonds is 4. The first-order valence-electron chi connectivity index (χ1n) is 9.01. The van der Waals surface area contributed by atoms with Crippen LogP contribution in [0.15, 0.2) is 12.4 Å².